The number of hydrogen-bond donors (Lipinski definition) is 1. The molecule has 2 amide bonds. The van der Waals surface area contributed by atoms with Crippen LogP contribution in [-0.2, 0) is 29.0 Å². The van der Waals surface area contributed by atoms with Crippen molar-refractivity contribution in [2.45, 2.75) is 32.4 Å². The molecule has 4 nitrogen and oxygen atoms in total. The first-order valence-corrected chi connectivity index (χ1v) is 11.3. The molecule has 0 aliphatic heterocycles. The lowest BCUT2D eigenvalue weighted by atomic mass is 10.0. The monoisotopic (exact) mass is 468 g/mol. The van der Waals surface area contributed by atoms with Gasteiger partial charge in [0.05, 0.1) is 16.5 Å². The number of halogens is 2. The average molecular weight is 469 g/mol. The van der Waals surface area contributed by atoms with Gasteiger partial charge in [-0.15, -0.1) is 0 Å². The second-order valence-corrected chi connectivity index (χ2v) is 8.35. The van der Waals surface area contributed by atoms with Gasteiger partial charge >= 0.3 is 0 Å². The predicted molar refractivity (Wildman–Crippen MR) is 130 cm³/mol. The molecule has 0 saturated heterocycles. The van der Waals surface area contributed by atoms with Gasteiger partial charge in [-0.1, -0.05) is 89.9 Å². The molecule has 166 valence electrons. The molecule has 0 aliphatic carbocycles. The lowest BCUT2D eigenvalue weighted by Crippen LogP contribution is -2.50. The third kappa shape index (κ3) is 6.59. The molecule has 6 heteroatoms. The van der Waals surface area contributed by atoms with Crippen LogP contribution in [0.2, 0.25) is 10.0 Å². The molecule has 0 radical (unpaired) electrons. The van der Waals surface area contributed by atoms with Gasteiger partial charge in [-0.2, -0.15) is 0 Å². The van der Waals surface area contributed by atoms with Crippen LogP contribution in [0.15, 0.2) is 78.9 Å². The van der Waals surface area contributed by atoms with Crippen LogP contribution in [-0.4, -0.2) is 29.3 Å². The summed E-state index contributed by atoms with van der Waals surface area (Å²) in [5.74, 6) is -0.313. The largest absolute Gasteiger partial charge is 0.355 e. The second-order valence-electron chi connectivity index (χ2n) is 7.53. The quantitative estimate of drug-likeness (QED) is 0.462. The summed E-state index contributed by atoms with van der Waals surface area (Å²) in [4.78, 5) is 28.2. The smallest absolute Gasteiger partial charge is 0.243 e. The number of nitrogens with zero attached hydrogens (tertiary/aromatic N) is 1. The number of likely N-dealkylation sites (N-methyl/N-ethyl adjacent to an activating group) is 1. The van der Waals surface area contributed by atoms with Crippen molar-refractivity contribution in [1.29, 1.82) is 0 Å². The third-order valence-corrected chi connectivity index (χ3v) is 5.90. The minimum atomic E-state index is -0.664. The molecular formula is C26H26Cl2N2O2. The van der Waals surface area contributed by atoms with E-state index in [1.54, 1.807) is 17.0 Å². The van der Waals surface area contributed by atoms with Crippen molar-refractivity contribution in [3.63, 3.8) is 0 Å². The standard InChI is InChI=1S/C26H26Cl2N2O2/c1-2-29-26(32)24(16-19-9-5-3-6-10-19)30(18-21-13-14-22(27)23(28)15-21)25(31)17-20-11-7-4-8-12-20/h3-15,24H,2,16-18H2,1H3,(H,29,32)/t24-/m1/s1. The van der Waals surface area contributed by atoms with Gasteiger partial charge < -0.3 is 10.2 Å². The first kappa shape index (κ1) is 23.8. The number of rotatable bonds is 9. The number of hydrogen-bond acceptors (Lipinski definition) is 2. The number of nitrogens with one attached hydrogen (secondary N) is 1. The Kier molecular flexibility index (Phi) is 8.72. The third-order valence-electron chi connectivity index (χ3n) is 5.16. The van der Waals surface area contributed by atoms with Crippen molar-refractivity contribution in [2.75, 3.05) is 6.54 Å². The Morgan fingerprint density at radius 2 is 1.47 bits per heavy atom. The lowest BCUT2D eigenvalue weighted by molar-refractivity contribution is -0.140. The molecule has 3 aromatic rings. The van der Waals surface area contributed by atoms with Crippen LogP contribution in [0.1, 0.15) is 23.6 Å². The van der Waals surface area contributed by atoms with Gasteiger partial charge in [-0.05, 0) is 35.7 Å². The molecule has 3 rings (SSSR count). The second kappa shape index (κ2) is 11.7. The minimum absolute atomic E-state index is 0.130. The van der Waals surface area contributed by atoms with Gasteiger partial charge in [-0.25, -0.2) is 0 Å². The van der Waals surface area contributed by atoms with E-state index < -0.39 is 6.04 Å². The van der Waals surface area contributed by atoms with Crippen LogP contribution in [0, 0.1) is 0 Å². The fraction of sp³-hybridized carbons (Fsp3) is 0.231. The Morgan fingerprint density at radius 3 is 2.06 bits per heavy atom. The number of carbonyl (C=O) groups is 2. The van der Waals surface area contributed by atoms with E-state index in [0.717, 1.165) is 16.7 Å². The summed E-state index contributed by atoms with van der Waals surface area (Å²) in [6, 6.07) is 23.9. The highest BCUT2D eigenvalue weighted by Gasteiger charge is 2.30. The van der Waals surface area contributed by atoms with E-state index in [2.05, 4.69) is 5.32 Å². The minimum Gasteiger partial charge on any atom is -0.355 e. The van der Waals surface area contributed by atoms with Crippen LogP contribution in [0.4, 0.5) is 0 Å². The van der Waals surface area contributed by atoms with Crippen LogP contribution >= 0.6 is 23.2 Å². The lowest BCUT2D eigenvalue weighted by Gasteiger charge is -2.31. The maximum atomic E-state index is 13.5. The topological polar surface area (TPSA) is 49.4 Å². The van der Waals surface area contributed by atoms with E-state index in [9.17, 15) is 9.59 Å². The molecule has 0 bridgehead atoms. The molecule has 0 fully saturated rings. The van der Waals surface area contributed by atoms with Crippen molar-refractivity contribution < 1.29 is 9.59 Å². The normalized spacial score (nSPS) is 11.6. The summed E-state index contributed by atoms with van der Waals surface area (Å²) in [5.41, 5.74) is 2.68. The SMILES string of the molecule is CCNC(=O)[C@@H](Cc1ccccc1)N(Cc1ccc(Cl)c(Cl)c1)C(=O)Cc1ccccc1. The van der Waals surface area contributed by atoms with Gasteiger partial charge in [0, 0.05) is 19.5 Å². The molecular weight excluding hydrogens is 443 g/mol. The van der Waals surface area contributed by atoms with Crippen LogP contribution in [0.3, 0.4) is 0 Å². The molecule has 0 spiro atoms. The van der Waals surface area contributed by atoms with Crippen LogP contribution in [0.5, 0.6) is 0 Å². The average Bonchev–Trinajstić information content (AvgIpc) is 2.80. The van der Waals surface area contributed by atoms with Gasteiger partial charge in [0.1, 0.15) is 6.04 Å². The summed E-state index contributed by atoms with van der Waals surface area (Å²) >= 11 is 12.3. The van der Waals surface area contributed by atoms with Gasteiger partial charge in [0.2, 0.25) is 11.8 Å². The van der Waals surface area contributed by atoms with Gasteiger partial charge in [0.25, 0.3) is 0 Å². The van der Waals surface area contributed by atoms with E-state index in [1.807, 2.05) is 73.7 Å². The summed E-state index contributed by atoms with van der Waals surface area (Å²) in [5, 5.41) is 3.75. The highest BCUT2D eigenvalue weighted by molar-refractivity contribution is 6.42. The predicted octanol–water partition coefficient (Wildman–Crippen LogP) is 5.31. The zero-order chi connectivity index (χ0) is 22.9. The van der Waals surface area contributed by atoms with Crippen molar-refractivity contribution in [3.05, 3.63) is 106 Å². The maximum absolute atomic E-state index is 13.5. The maximum Gasteiger partial charge on any atom is 0.243 e. The van der Waals surface area contributed by atoms with Crippen LogP contribution in [0.25, 0.3) is 0 Å². The van der Waals surface area contributed by atoms with Gasteiger partial charge in [-0.3, -0.25) is 9.59 Å². The number of amides is 2. The van der Waals surface area contributed by atoms with Crippen molar-refractivity contribution in [1.82, 2.24) is 10.2 Å². The molecule has 1 N–H and O–H groups in total. The summed E-state index contributed by atoms with van der Waals surface area (Å²) in [6.45, 7) is 2.60. The Labute approximate surface area is 199 Å². The Morgan fingerprint density at radius 1 is 0.844 bits per heavy atom. The first-order chi connectivity index (χ1) is 15.5. The number of benzene rings is 3. The number of carbonyl (C=O) groups excluding carboxylic acids is 2. The van der Waals surface area contributed by atoms with E-state index >= 15 is 0 Å². The van der Waals surface area contributed by atoms with Crippen molar-refractivity contribution >= 4 is 35.0 Å². The molecule has 0 aliphatic rings. The molecule has 0 unspecified atom stereocenters. The molecule has 0 saturated carbocycles. The molecule has 32 heavy (non-hydrogen) atoms. The first-order valence-electron chi connectivity index (χ1n) is 10.6. The fourth-order valence-corrected chi connectivity index (χ4v) is 3.87. The van der Waals surface area contributed by atoms with Crippen molar-refractivity contribution in [3.8, 4) is 0 Å². The van der Waals surface area contributed by atoms with E-state index in [0.29, 0.717) is 23.0 Å². The summed E-state index contributed by atoms with van der Waals surface area (Å²) < 4.78 is 0. The molecule has 0 heterocycles. The van der Waals surface area contributed by atoms with Crippen LogP contribution < -0.4 is 5.32 Å². The van der Waals surface area contributed by atoms with Gasteiger partial charge in [0.15, 0.2) is 0 Å². The Hall–Kier alpha value is -2.82. The zero-order valence-corrected chi connectivity index (χ0v) is 19.4. The molecule has 0 aromatic heterocycles. The Bertz CT molecular complexity index is 1040. The highest BCUT2D eigenvalue weighted by atomic mass is 35.5. The Balaban J connectivity index is 1.96. The zero-order valence-electron chi connectivity index (χ0n) is 17.9. The molecule has 3 aromatic carbocycles. The van der Waals surface area contributed by atoms with E-state index in [1.165, 1.54) is 0 Å². The fourth-order valence-electron chi connectivity index (χ4n) is 3.55. The summed E-state index contributed by atoms with van der Waals surface area (Å²) in [6.07, 6.45) is 0.612. The summed E-state index contributed by atoms with van der Waals surface area (Å²) in [7, 11) is 0. The molecule has 1 atom stereocenters. The van der Waals surface area contributed by atoms with E-state index in [4.69, 9.17) is 23.2 Å². The van der Waals surface area contributed by atoms with Crippen molar-refractivity contribution in [2.24, 2.45) is 0 Å². The highest BCUT2D eigenvalue weighted by Crippen LogP contribution is 2.24. The van der Waals surface area contributed by atoms with E-state index in [-0.39, 0.29) is 24.8 Å².